The predicted octanol–water partition coefficient (Wildman–Crippen LogP) is 8.69. The van der Waals surface area contributed by atoms with Gasteiger partial charge in [-0.05, 0) is 60.2 Å². The van der Waals surface area contributed by atoms with E-state index >= 15 is 4.39 Å². The Balaban J connectivity index is 1.52. The molecule has 4 N–H and O–H groups in total. The number of carbonyl (C=O) groups excluding carboxylic acids is 4. The Morgan fingerprint density at radius 3 is 2.26 bits per heavy atom. The van der Waals surface area contributed by atoms with Crippen LogP contribution >= 0.6 is 11.8 Å². The SMILES string of the molecule is CC(C)(C)[C@H](c1cc(-c2cc(F)ccc2F)cn1Cc1ccccc1)N(CCCNC(=O)OCC[Si](C)(C)C)C(=O)CSCCC(=O)N[C@@H]1CC1(CN)C(=O)OCC[Si](C)(C)C. The molecule has 4 rings (SSSR count). The van der Waals surface area contributed by atoms with E-state index in [0.717, 1.165) is 35.5 Å². The van der Waals surface area contributed by atoms with Gasteiger partial charge in [0.2, 0.25) is 11.8 Å². The van der Waals surface area contributed by atoms with Crippen molar-refractivity contribution in [3.8, 4) is 11.1 Å². The van der Waals surface area contributed by atoms with E-state index in [4.69, 9.17) is 15.2 Å². The molecule has 1 unspecified atom stereocenters. The molecule has 0 spiro atoms. The van der Waals surface area contributed by atoms with Gasteiger partial charge in [-0.1, -0.05) is 90.4 Å². The van der Waals surface area contributed by atoms with Gasteiger partial charge in [0.15, 0.2) is 0 Å². The van der Waals surface area contributed by atoms with Crippen LogP contribution in [0.25, 0.3) is 11.1 Å². The number of alkyl carbamates (subject to hydrolysis) is 1. The van der Waals surface area contributed by atoms with Crippen LogP contribution in [0.3, 0.4) is 0 Å². The van der Waals surface area contributed by atoms with Crippen molar-refractivity contribution >= 4 is 51.8 Å². The Bertz CT molecular complexity index is 1980. The molecule has 1 saturated carbocycles. The number of nitrogens with one attached hydrogen (secondary N) is 2. The summed E-state index contributed by atoms with van der Waals surface area (Å²) in [5.74, 6) is -1.48. The van der Waals surface area contributed by atoms with Crippen LogP contribution in [0.15, 0.2) is 60.8 Å². The number of hydrogen-bond donors (Lipinski definition) is 3. The number of thioether (sulfide) groups is 1. The van der Waals surface area contributed by atoms with E-state index in [1.165, 1.54) is 17.8 Å². The summed E-state index contributed by atoms with van der Waals surface area (Å²) in [4.78, 5) is 54.9. The quantitative estimate of drug-likeness (QED) is 0.0487. The lowest BCUT2D eigenvalue weighted by Crippen LogP contribution is -2.44. The van der Waals surface area contributed by atoms with Crippen molar-refractivity contribution in [2.45, 2.75) is 110 Å². The number of rotatable bonds is 23. The summed E-state index contributed by atoms with van der Waals surface area (Å²) < 4.78 is 42.8. The minimum Gasteiger partial charge on any atom is -0.465 e. The fourth-order valence-electron chi connectivity index (χ4n) is 7.25. The summed E-state index contributed by atoms with van der Waals surface area (Å²) in [7, 11) is -2.78. The number of ether oxygens (including phenoxy) is 2. The number of amides is 3. The van der Waals surface area contributed by atoms with Crippen molar-refractivity contribution in [3.63, 3.8) is 0 Å². The van der Waals surface area contributed by atoms with Gasteiger partial charge in [0.1, 0.15) is 17.0 Å². The highest BCUT2D eigenvalue weighted by atomic mass is 32.2. The van der Waals surface area contributed by atoms with Crippen LogP contribution in [-0.4, -0.2) is 99.9 Å². The molecule has 3 amide bonds. The monoisotopic (exact) mass is 913 g/mol. The lowest BCUT2D eigenvalue weighted by Gasteiger charge is -2.41. The third-order valence-corrected chi connectivity index (χ3v) is 15.3. The minimum absolute atomic E-state index is 0.0659. The zero-order valence-electron chi connectivity index (χ0n) is 38.2. The number of nitrogens with zero attached hydrogens (tertiary/aromatic N) is 2. The van der Waals surface area contributed by atoms with Crippen molar-refractivity contribution in [2.75, 3.05) is 44.4 Å². The Hall–Kier alpha value is -4.00. The average molecular weight is 914 g/mol. The smallest absolute Gasteiger partial charge is 0.407 e. The number of esters is 1. The Morgan fingerprint density at radius 1 is 0.968 bits per heavy atom. The maximum absolute atomic E-state index is 15.3. The molecule has 342 valence electrons. The van der Waals surface area contributed by atoms with Crippen molar-refractivity contribution in [2.24, 2.45) is 16.6 Å². The second-order valence-electron chi connectivity index (χ2n) is 19.9. The zero-order chi connectivity index (χ0) is 45.9. The maximum Gasteiger partial charge on any atom is 0.407 e. The third kappa shape index (κ3) is 15.4. The summed E-state index contributed by atoms with van der Waals surface area (Å²) in [6, 6.07) is 15.8. The number of benzene rings is 2. The number of aromatic nitrogens is 1. The first-order valence-electron chi connectivity index (χ1n) is 21.7. The summed E-state index contributed by atoms with van der Waals surface area (Å²) in [6.45, 7) is 21.1. The summed E-state index contributed by atoms with van der Waals surface area (Å²) in [6.07, 6.45) is 2.29. The van der Waals surface area contributed by atoms with Crippen LogP contribution in [-0.2, 0) is 30.4 Å². The van der Waals surface area contributed by atoms with Crippen molar-refractivity contribution in [1.29, 1.82) is 0 Å². The molecule has 1 aliphatic rings. The zero-order valence-corrected chi connectivity index (χ0v) is 41.0. The molecule has 1 heterocycles. The molecule has 1 aliphatic carbocycles. The number of hydrogen-bond acceptors (Lipinski definition) is 8. The number of nitrogens with two attached hydrogens (primary N) is 1. The first-order valence-corrected chi connectivity index (χ1v) is 30.2. The van der Waals surface area contributed by atoms with E-state index < -0.39 is 56.8 Å². The lowest BCUT2D eigenvalue weighted by molar-refractivity contribution is -0.149. The first kappa shape index (κ1) is 50.6. The van der Waals surface area contributed by atoms with Gasteiger partial charge in [-0.15, -0.1) is 0 Å². The van der Waals surface area contributed by atoms with Gasteiger partial charge < -0.3 is 35.3 Å². The summed E-state index contributed by atoms with van der Waals surface area (Å²) in [5, 5.41) is 5.78. The first-order chi connectivity index (χ1) is 29.0. The van der Waals surface area contributed by atoms with Crippen LogP contribution < -0.4 is 16.4 Å². The highest BCUT2D eigenvalue weighted by molar-refractivity contribution is 7.99. The molecule has 0 saturated heterocycles. The van der Waals surface area contributed by atoms with Gasteiger partial charge in [0.05, 0.1) is 25.0 Å². The highest BCUT2D eigenvalue weighted by Gasteiger charge is 2.61. The Labute approximate surface area is 373 Å². The molecule has 2 aromatic carbocycles. The number of halogens is 2. The molecule has 3 aromatic rings. The highest BCUT2D eigenvalue weighted by Crippen LogP contribution is 2.46. The van der Waals surface area contributed by atoms with Crippen LogP contribution in [0.1, 0.15) is 57.3 Å². The van der Waals surface area contributed by atoms with Gasteiger partial charge in [0.25, 0.3) is 0 Å². The lowest BCUT2D eigenvalue weighted by atomic mass is 9.83. The van der Waals surface area contributed by atoms with Gasteiger partial charge in [0, 0.05) is 83.6 Å². The fraction of sp³-hybridized carbons (Fsp3) is 0.565. The molecule has 1 fully saturated rings. The number of carbonyl (C=O) groups is 4. The molecule has 11 nitrogen and oxygen atoms in total. The fourth-order valence-corrected chi connectivity index (χ4v) is 9.49. The largest absolute Gasteiger partial charge is 0.465 e. The van der Waals surface area contributed by atoms with Crippen LogP contribution in [0.4, 0.5) is 13.6 Å². The average Bonchev–Trinajstić information content (AvgIpc) is 3.75. The van der Waals surface area contributed by atoms with Gasteiger partial charge in [-0.25, -0.2) is 13.6 Å². The summed E-state index contributed by atoms with van der Waals surface area (Å²) in [5.41, 5.74) is 6.87. The second kappa shape index (κ2) is 22.1. The third-order valence-electron chi connectivity index (χ3n) is 11.0. The topological polar surface area (TPSA) is 145 Å². The van der Waals surface area contributed by atoms with Gasteiger partial charge in [-0.2, -0.15) is 11.8 Å². The van der Waals surface area contributed by atoms with E-state index in [9.17, 15) is 23.6 Å². The standard InChI is InChI=1S/C46H69F2N5O6SSi2/c1-45(2,3)42(38-26-34(36-27-35(47)16-17-37(36)48)30-52(38)29-33-14-11-10-12-15-33)53(20-13-19-50-44(57)59-22-25-62(7,8)9)41(55)31-60-23-18-40(54)51-39-28-46(39,32-49)43(56)58-21-24-61(4,5)6/h10-12,14-17,26-27,30,39,42H,13,18-25,28-29,31-32,49H2,1-9H3,(H,50,57)(H,51,54)/t39-,42+,46?/m1/s1. The van der Waals surface area contributed by atoms with Gasteiger partial charge in [-0.3, -0.25) is 14.4 Å². The summed E-state index contributed by atoms with van der Waals surface area (Å²) >= 11 is 1.33. The Kier molecular flexibility index (Phi) is 18.0. The van der Waals surface area contributed by atoms with Crippen molar-refractivity contribution in [1.82, 2.24) is 20.1 Å². The molecule has 16 heteroatoms. The minimum atomic E-state index is -1.39. The van der Waals surface area contributed by atoms with E-state index in [2.05, 4.69) is 49.9 Å². The molecule has 0 radical (unpaired) electrons. The molecular weight excluding hydrogens is 845 g/mol. The van der Waals surface area contributed by atoms with Crippen LogP contribution in [0.5, 0.6) is 0 Å². The second-order valence-corrected chi connectivity index (χ2v) is 32.3. The molecule has 1 aromatic heterocycles. The molecule has 3 atom stereocenters. The Morgan fingerprint density at radius 2 is 1.63 bits per heavy atom. The van der Waals surface area contributed by atoms with E-state index in [0.29, 0.717) is 43.9 Å². The maximum atomic E-state index is 15.3. The van der Waals surface area contributed by atoms with Crippen molar-refractivity contribution in [3.05, 3.63) is 83.7 Å². The van der Waals surface area contributed by atoms with E-state index in [1.807, 2.05) is 61.7 Å². The molecular formula is C46H69F2N5O6SSi2. The van der Waals surface area contributed by atoms with Crippen molar-refractivity contribution < 1.29 is 37.4 Å². The molecule has 0 aliphatic heterocycles. The van der Waals surface area contributed by atoms with E-state index in [1.54, 1.807) is 11.1 Å². The van der Waals surface area contributed by atoms with E-state index in [-0.39, 0.29) is 55.2 Å². The van der Waals surface area contributed by atoms with Crippen LogP contribution in [0, 0.1) is 22.5 Å². The molecule has 62 heavy (non-hydrogen) atoms. The van der Waals surface area contributed by atoms with Gasteiger partial charge >= 0.3 is 12.1 Å². The van der Waals surface area contributed by atoms with Crippen LogP contribution in [0.2, 0.25) is 51.4 Å². The normalized spacial score (nSPS) is 16.9. The predicted molar refractivity (Wildman–Crippen MR) is 250 cm³/mol. The molecule has 0 bridgehead atoms.